The lowest BCUT2D eigenvalue weighted by molar-refractivity contribution is 0.0724. The van der Waals surface area contributed by atoms with E-state index < -0.39 is 11.7 Å². The molecule has 26 heavy (non-hydrogen) atoms. The molecule has 0 unspecified atom stereocenters. The number of amides is 2. The Kier molecular flexibility index (Phi) is 5.57. The number of carbonyl (C=O) groups is 2. The van der Waals surface area contributed by atoms with Crippen LogP contribution in [0.4, 0.5) is 10.1 Å². The van der Waals surface area contributed by atoms with Crippen LogP contribution in [0.5, 0.6) is 0 Å². The van der Waals surface area contributed by atoms with E-state index >= 15 is 0 Å². The van der Waals surface area contributed by atoms with Gasteiger partial charge in [-0.05, 0) is 62.1 Å². The van der Waals surface area contributed by atoms with Crippen LogP contribution in [0.15, 0.2) is 36.4 Å². The molecule has 0 radical (unpaired) electrons. The van der Waals surface area contributed by atoms with Crippen LogP contribution in [-0.2, 0) is 0 Å². The lowest BCUT2D eigenvalue weighted by Crippen LogP contribution is -2.35. The van der Waals surface area contributed by atoms with E-state index in [1.165, 1.54) is 6.07 Å². The van der Waals surface area contributed by atoms with Gasteiger partial charge in [-0.15, -0.1) is 0 Å². The number of hydrogen-bond acceptors (Lipinski definition) is 2. The van der Waals surface area contributed by atoms with Gasteiger partial charge >= 0.3 is 0 Å². The van der Waals surface area contributed by atoms with E-state index in [4.69, 9.17) is 11.6 Å². The number of halogens is 2. The Morgan fingerprint density at radius 2 is 1.81 bits per heavy atom. The third kappa shape index (κ3) is 4.05. The maximum Gasteiger partial charge on any atom is 0.255 e. The van der Waals surface area contributed by atoms with Crippen molar-refractivity contribution in [2.24, 2.45) is 0 Å². The molecule has 0 atom stereocenters. The largest absolute Gasteiger partial charge is 0.339 e. The van der Waals surface area contributed by atoms with Crippen molar-refractivity contribution >= 4 is 29.1 Å². The normalized spacial score (nSPS) is 14.2. The summed E-state index contributed by atoms with van der Waals surface area (Å²) >= 11 is 6.26. The van der Waals surface area contributed by atoms with E-state index in [9.17, 15) is 14.0 Å². The first kappa shape index (κ1) is 18.4. The van der Waals surface area contributed by atoms with Crippen molar-refractivity contribution < 1.29 is 14.0 Å². The molecule has 1 N–H and O–H groups in total. The molecule has 2 amide bonds. The predicted octanol–water partition coefficient (Wildman–Crippen LogP) is 4.67. The number of carbonyl (C=O) groups excluding carboxylic acids is 2. The zero-order valence-corrected chi connectivity index (χ0v) is 15.3. The van der Waals surface area contributed by atoms with Crippen molar-refractivity contribution in [1.29, 1.82) is 0 Å². The maximum absolute atomic E-state index is 13.6. The molecule has 1 aliphatic rings. The summed E-state index contributed by atoms with van der Waals surface area (Å²) < 4.78 is 13.6. The van der Waals surface area contributed by atoms with Crippen LogP contribution >= 0.6 is 11.6 Å². The third-order valence-electron chi connectivity index (χ3n) is 4.53. The van der Waals surface area contributed by atoms with Crippen molar-refractivity contribution in [3.63, 3.8) is 0 Å². The molecule has 0 aromatic heterocycles. The SMILES string of the molecule is Cc1ccc(C(=O)Nc2ccc(C(=O)N3CCCCC3)c(Cl)c2)cc1F. The molecule has 0 aliphatic carbocycles. The van der Waals surface area contributed by atoms with Crippen LogP contribution < -0.4 is 5.32 Å². The number of hydrogen-bond donors (Lipinski definition) is 1. The number of benzene rings is 2. The molecule has 3 rings (SSSR count). The first-order chi connectivity index (χ1) is 12.5. The summed E-state index contributed by atoms with van der Waals surface area (Å²) in [6.45, 7) is 3.12. The Labute approximate surface area is 157 Å². The summed E-state index contributed by atoms with van der Waals surface area (Å²) in [5.74, 6) is -0.957. The number of anilines is 1. The molecule has 1 heterocycles. The van der Waals surface area contributed by atoms with Crippen LogP contribution in [0.3, 0.4) is 0 Å². The first-order valence-electron chi connectivity index (χ1n) is 8.62. The molecule has 4 nitrogen and oxygen atoms in total. The van der Waals surface area contributed by atoms with Crippen LogP contribution in [0.25, 0.3) is 0 Å². The zero-order chi connectivity index (χ0) is 18.7. The first-order valence-corrected chi connectivity index (χ1v) is 9.00. The minimum absolute atomic E-state index is 0.0896. The Bertz CT molecular complexity index is 848. The van der Waals surface area contributed by atoms with E-state index in [1.807, 2.05) is 0 Å². The number of piperidine rings is 1. The van der Waals surface area contributed by atoms with E-state index in [-0.39, 0.29) is 16.5 Å². The molecule has 2 aromatic carbocycles. The second-order valence-corrected chi connectivity index (χ2v) is 6.87. The van der Waals surface area contributed by atoms with Crippen LogP contribution in [-0.4, -0.2) is 29.8 Å². The van der Waals surface area contributed by atoms with Crippen LogP contribution in [0, 0.1) is 12.7 Å². The molecule has 2 aromatic rings. The summed E-state index contributed by atoms with van der Waals surface area (Å²) in [4.78, 5) is 26.6. The highest BCUT2D eigenvalue weighted by atomic mass is 35.5. The van der Waals surface area contributed by atoms with Crippen molar-refractivity contribution in [2.75, 3.05) is 18.4 Å². The Balaban J connectivity index is 1.73. The summed E-state index contributed by atoms with van der Waals surface area (Å²) in [5.41, 5.74) is 1.58. The molecule has 6 heteroatoms. The molecular weight excluding hydrogens is 355 g/mol. The van der Waals surface area contributed by atoms with Crippen LogP contribution in [0.2, 0.25) is 5.02 Å². The van der Waals surface area contributed by atoms with Gasteiger partial charge in [0.15, 0.2) is 0 Å². The minimum Gasteiger partial charge on any atom is -0.339 e. The molecule has 1 aliphatic heterocycles. The van der Waals surface area contributed by atoms with E-state index in [0.29, 0.717) is 16.8 Å². The van der Waals surface area contributed by atoms with Crippen molar-refractivity contribution in [3.05, 3.63) is 63.9 Å². The van der Waals surface area contributed by atoms with Gasteiger partial charge < -0.3 is 10.2 Å². The number of aryl methyl sites for hydroxylation is 1. The lowest BCUT2D eigenvalue weighted by Gasteiger charge is -2.27. The fourth-order valence-corrected chi connectivity index (χ4v) is 3.23. The van der Waals surface area contributed by atoms with Gasteiger partial charge in [-0.25, -0.2) is 4.39 Å². The summed E-state index contributed by atoms with van der Waals surface area (Å²) in [6, 6.07) is 9.10. The molecule has 1 saturated heterocycles. The maximum atomic E-state index is 13.6. The van der Waals surface area contributed by atoms with Gasteiger partial charge in [0, 0.05) is 24.3 Å². The second kappa shape index (κ2) is 7.87. The van der Waals surface area contributed by atoms with Gasteiger partial charge in [0.1, 0.15) is 5.82 Å². The Hall–Kier alpha value is -2.40. The average molecular weight is 375 g/mol. The monoisotopic (exact) mass is 374 g/mol. The fourth-order valence-electron chi connectivity index (χ4n) is 2.97. The summed E-state index contributed by atoms with van der Waals surface area (Å²) in [5, 5.41) is 2.96. The van der Waals surface area contributed by atoms with E-state index in [2.05, 4.69) is 5.32 Å². The molecule has 0 bridgehead atoms. The smallest absolute Gasteiger partial charge is 0.255 e. The second-order valence-electron chi connectivity index (χ2n) is 6.47. The molecule has 0 spiro atoms. The van der Waals surface area contributed by atoms with Gasteiger partial charge in [-0.3, -0.25) is 9.59 Å². The van der Waals surface area contributed by atoms with E-state index in [0.717, 1.165) is 32.4 Å². The summed E-state index contributed by atoms with van der Waals surface area (Å²) in [6.07, 6.45) is 3.15. The highest BCUT2D eigenvalue weighted by molar-refractivity contribution is 6.34. The average Bonchev–Trinajstić information content (AvgIpc) is 2.64. The van der Waals surface area contributed by atoms with E-state index in [1.54, 1.807) is 42.2 Å². The molecule has 1 fully saturated rings. The molecular formula is C20H20ClFN2O2. The topological polar surface area (TPSA) is 49.4 Å². The van der Waals surface area contributed by atoms with Gasteiger partial charge in [0.25, 0.3) is 11.8 Å². The highest BCUT2D eigenvalue weighted by Gasteiger charge is 2.20. The van der Waals surface area contributed by atoms with Crippen LogP contribution in [0.1, 0.15) is 45.5 Å². The number of nitrogens with zero attached hydrogens (tertiary/aromatic N) is 1. The van der Waals surface area contributed by atoms with Crippen molar-refractivity contribution in [2.45, 2.75) is 26.2 Å². The highest BCUT2D eigenvalue weighted by Crippen LogP contribution is 2.24. The van der Waals surface area contributed by atoms with Gasteiger partial charge in [-0.2, -0.15) is 0 Å². The quantitative estimate of drug-likeness (QED) is 0.849. The molecule has 0 saturated carbocycles. The lowest BCUT2D eigenvalue weighted by atomic mass is 10.1. The Morgan fingerprint density at radius 3 is 2.46 bits per heavy atom. The van der Waals surface area contributed by atoms with Crippen molar-refractivity contribution in [3.8, 4) is 0 Å². The number of rotatable bonds is 3. The zero-order valence-electron chi connectivity index (χ0n) is 14.5. The fraction of sp³-hybridized carbons (Fsp3) is 0.300. The van der Waals surface area contributed by atoms with Crippen molar-refractivity contribution in [1.82, 2.24) is 4.90 Å². The molecule has 136 valence electrons. The summed E-state index contributed by atoms with van der Waals surface area (Å²) in [7, 11) is 0. The minimum atomic E-state index is -0.435. The number of nitrogens with one attached hydrogen (secondary N) is 1. The third-order valence-corrected chi connectivity index (χ3v) is 4.85. The standard InChI is InChI=1S/C20H20ClFN2O2/c1-13-5-6-14(11-18(13)22)19(25)23-15-7-8-16(17(21)12-15)20(26)24-9-3-2-4-10-24/h5-8,11-12H,2-4,9-10H2,1H3,(H,23,25). The Morgan fingerprint density at radius 1 is 1.08 bits per heavy atom. The number of likely N-dealkylation sites (tertiary alicyclic amines) is 1. The van der Waals surface area contributed by atoms with Gasteiger partial charge in [0.2, 0.25) is 0 Å². The predicted molar refractivity (Wildman–Crippen MR) is 100 cm³/mol. The van der Waals surface area contributed by atoms with Gasteiger partial charge in [0.05, 0.1) is 10.6 Å². The van der Waals surface area contributed by atoms with Gasteiger partial charge in [-0.1, -0.05) is 17.7 Å².